The van der Waals surface area contributed by atoms with Gasteiger partial charge in [-0.2, -0.15) is 0 Å². The van der Waals surface area contributed by atoms with Crippen LogP contribution in [0, 0.1) is 0 Å². The molecule has 0 bridgehead atoms. The third-order valence-corrected chi connectivity index (χ3v) is 1.44. The first-order valence-electron chi connectivity index (χ1n) is 2.54. The van der Waals surface area contributed by atoms with Crippen molar-refractivity contribution in [3.63, 3.8) is 0 Å². The highest BCUT2D eigenvalue weighted by molar-refractivity contribution is 6.24. The largest absolute Gasteiger partial charge is 0.369 e. The minimum absolute atomic E-state index is 1.20. The SMILES string of the molecule is O[C@]1(Cl)C=CC=C[C@H]1F. The van der Waals surface area contributed by atoms with Gasteiger partial charge in [-0.1, -0.05) is 23.8 Å². The van der Waals surface area contributed by atoms with E-state index in [9.17, 15) is 4.39 Å². The summed E-state index contributed by atoms with van der Waals surface area (Å²) in [5, 5.41) is 7.07. The first-order valence-corrected chi connectivity index (χ1v) is 2.92. The normalized spacial score (nSPS) is 41.4. The van der Waals surface area contributed by atoms with Gasteiger partial charge in [-0.15, -0.1) is 0 Å². The van der Waals surface area contributed by atoms with Crippen LogP contribution in [-0.2, 0) is 0 Å². The minimum atomic E-state index is -1.82. The standard InChI is InChI=1S/C6H6ClFO/c7-6(9)4-2-1-3-5(6)8/h1-5,9H/t5-,6-/m1/s1. The average molecular weight is 149 g/mol. The Morgan fingerprint density at radius 1 is 1.56 bits per heavy atom. The van der Waals surface area contributed by atoms with E-state index in [1.807, 2.05) is 0 Å². The van der Waals surface area contributed by atoms with Crippen LogP contribution in [0.1, 0.15) is 0 Å². The number of rotatable bonds is 0. The molecule has 1 aliphatic carbocycles. The Hall–Kier alpha value is -0.340. The number of aliphatic hydroxyl groups is 1. The lowest BCUT2D eigenvalue weighted by Crippen LogP contribution is -2.30. The second-order valence-electron chi connectivity index (χ2n) is 1.87. The van der Waals surface area contributed by atoms with Gasteiger partial charge in [0.2, 0.25) is 0 Å². The lowest BCUT2D eigenvalue weighted by molar-refractivity contribution is 0.103. The summed E-state index contributed by atoms with van der Waals surface area (Å²) in [5.74, 6) is 0. The Morgan fingerprint density at radius 3 is 2.56 bits per heavy atom. The molecule has 0 amide bonds. The Morgan fingerprint density at radius 2 is 2.22 bits per heavy atom. The molecule has 0 aliphatic heterocycles. The maximum Gasteiger partial charge on any atom is 0.192 e. The van der Waals surface area contributed by atoms with Crippen LogP contribution in [-0.4, -0.2) is 16.3 Å². The first kappa shape index (κ1) is 6.78. The van der Waals surface area contributed by atoms with Crippen molar-refractivity contribution in [2.75, 3.05) is 0 Å². The highest BCUT2D eigenvalue weighted by Crippen LogP contribution is 2.24. The van der Waals surface area contributed by atoms with E-state index in [2.05, 4.69) is 0 Å². The fourth-order valence-electron chi connectivity index (χ4n) is 0.579. The van der Waals surface area contributed by atoms with Gasteiger partial charge in [0.25, 0.3) is 0 Å². The van der Waals surface area contributed by atoms with Crippen molar-refractivity contribution in [3.05, 3.63) is 24.3 Å². The van der Waals surface area contributed by atoms with Crippen LogP contribution in [0.15, 0.2) is 24.3 Å². The molecule has 0 saturated carbocycles. The van der Waals surface area contributed by atoms with Crippen LogP contribution in [0.25, 0.3) is 0 Å². The molecular weight excluding hydrogens is 143 g/mol. The molecule has 1 N–H and O–H groups in total. The van der Waals surface area contributed by atoms with Crippen molar-refractivity contribution >= 4 is 11.6 Å². The van der Waals surface area contributed by atoms with E-state index in [0.717, 1.165) is 0 Å². The average Bonchev–Trinajstić information content (AvgIpc) is 1.77. The lowest BCUT2D eigenvalue weighted by atomic mass is 10.1. The fraction of sp³-hybridized carbons (Fsp3) is 0.333. The van der Waals surface area contributed by atoms with Crippen LogP contribution in [0.3, 0.4) is 0 Å². The van der Waals surface area contributed by atoms with Crippen LogP contribution in [0.2, 0.25) is 0 Å². The monoisotopic (exact) mass is 148 g/mol. The lowest BCUT2D eigenvalue weighted by Gasteiger charge is -2.20. The number of halogens is 2. The van der Waals surface area contributed by atoms with Gasteiger partial charge in [-0.25, -0.2) is 4.39 Å². The zero-order valence-corrected chi connectivity index (χ0v) is 5.35. The molecule has 0 saturated heterocycles. The predicted octanol–water partition coefficient (Wildman–Crippen LogP) is 1.38. The van der Waals surface area contributed by atoms with Gasteiger partial charge < -0.3 is 5.11 Å². The predicted molar refractivity (Wildman–Crippen MR) is 34.0 cm³/mol. The zero-order valence-electron chi connectivity index (χ0n) is 4.59. The Kier molecular flexibility index (Phi) is 1.60. The summed E-state index contributed by atoms with van der Waals surface area (Å²) in [5.41, 5.74) is 0. The molecule has 9 heavy (non-hydrogen) atoms. The summed E-state index contributed by atoms with van der Waals surface area (Å²) in [4.78, 5) is 0. The van der Waals surface area contributed by atoms with E-state index in [4.69, 9.17) is 16.7 Å². The molecule has 1 rings (SSSR count). The molecule has 1 nitrogen and oxygen atoms in total. The minimum Gasteiger partial charge on any atom is -0.369 e. The van der Waals surface area contributed by atoms with E-state index >= 15 is 0 Å². The zero-order chi connectivity index (χ0) is 6.91. The third kappa shape index (κ3) is 1.32. The molecule has 0 aromatic rings. The Labute approximate surface area is 57.4 Å². The topological polar surface area (TPSA) is 20.2 Å². The van der Waals surface area contributed by atoms with Crippen molar-refractivity contribution < 1.29 is 9.50 Å². The van der Waals surface area contributed by atoms with Gasteiger partial charge in [0.15, 0.2) is 11.2 Å². The molecule has 1 aliphatic rings. The van der Waals surface area contributed by atoms with Crippen LogP contribution < -0.4 is 0 Å². The molecule has 0 aromatic heterocycles. The van der Waals surface area contributed by atoms with E-state index in [0.29, 0.717) is 0 Å². The summed E-state index contributed by atoms with van der Waals surface area (Å²) in [6.07, 6.45) is 3.92. The molecule has 0 fully saturated rings. The second kappa shape index (κ2) is 2.12. The number of hydrogen-bond donors (Lipinski definition) is 1. The highest BCUT2D eigenvalue weighted by Gasteiger charge is 2.31. The Balaban J connectivity index is 2.78. The molecular formula is C6H6ClFO. The first-order chi connectivity index (χ1) is 4.13. The summed E-state index contributed by atoms with van der Waals surface area (Å²) >= 11 is 5.26. The van der Waals surface area contributed by atoms with Gasteiger partial charge in [-0.3, -0.25) is 0 Å². The number of alkyl halides is 2. The quantitative estimate of drug-likeness (QED) is 0.515. The van der Waals surface area contributed by atoms with E-state index < -0.39 is 11.2 Å². The highest BCUT2D eigenvalue weighted by atomic mass is 35.5. The number of allylic oxidation sites excluding steroid dienone is 2. The van der Waals surface area contributed by atoms with Gasteiger partial charge in [0, 0.05) is 0 Å². The van der Waals surface area contributed by atoms with Crippen molar-refractivity contribution in [3.8, 4) is 0 Å². The van der Waals surface area contributed by atoms with Crippen molar-refractivity contribution in [1.82, 2.24) is 0 Å². The summed E-state index contributed by atoms with van der Waals surface area (Å²) in [6, 6.07) is 0. The third-order valence-electron chi connectivity index (χ3n) is 1.11. The van der Waals surface area contributed by atoms with Crippen molar-refractivity contribution in [2.45, 2.75) is 11.2 Å². The van der Waals surface area contributed by atoms with E-state index in [1.165, 1.54) is 24.3 Å². The Bertz CT molecular complexity index is 162. The maximum absolute atomic E-state index is 12.4. The molecule has 0 radical (unpaired) electrons. The molecule has 0 aromatic carbocycles. The molecule has 0 unspecified atom stereocenters. The summed E-state index contributed by atoms with van der Waals surface area (Å²) < 4.78 is 12.4. The number of hydrogen-bond acceptors (Lipinski definition) is 1. The molecule has 2 atom stereocenters. The molecule has 50 valence electrons. The van der Waals surface area contributed by atoms with Gasteiger partial charge in [0.1, 0.15) is 0 Å². The summed E-state index contributed by atoms with van der Waals surface area (Å²) in [7, 11) is 0. The van der Waals surface area contributed by atoms with Gasteiger partial charge in [0.05, 0.1) is 0 Å². The molecule has 0 heterocycles. The van der Waals surface area contributed by atoms with Crippen LogP contribution >= 0.6 is 11.6 Å². The molecule has 0 spiro atoms. The maximum atomic E-state index is 12.4. The smallest absolute Gasteiger partial charge is 0.192 e. The van der Waals surface area contributed by atoms with Crippen molar-refractivity contribution in [2.24, 2.45) is 0 Å². The van der Waals surface area contributed by atoms with E-state index in [1.54, 1.807) is 0 Å². The van der Waals surface area contributed by atoms with Crippen LogP contribution in [0.4, 0.5) is 4.39 Å². The second-order valence-corrected chi connectivity index (χ2v) is 2.48. The van der Waals surface area contributed by atoms with Gasteiger partial charge in [-0.05, 0) is 12.2 Å². The molecule has 3 heteroatoms. The van der Waals surface area contributed by atoms with Crippen LogP contribution in [0.5, 0.6) is 0 Å². The van der Waals surface area contributed by atoms with Crippen molar-refractivity contribution in [1.29, 1.82) is 0 Å². The van der Waals surface area contributed by atoms with Gasteiger partial charge >= 0.3 is 0 Å². The summed E-state index contributed by atoms with van der Waals surface area (Å²) in [6.45, 7) is 0. The van der Waals surface area contributed by atoms with E-state index in [-0.39, 0.29) is 0 Å². The fourth-order valence-corrected chi connectivity index (χ4v) is 0.725.